The van der Waals surface area contributed by atoms with E-state index in [1.54, 1.807) is 13.3 Å². The summed E-state index contributed by atoms with van der Waals surface area (Å²) in [5, 5.41) is 3.61. The third-order valence-corrected chi connectivity index (χ3v) is 2.00. The summed E-state index contributed by atoms with van der Waals surface area (Å²) >= 11 is 0. The average molecular weight is 190 g/mol. The highest BCUT2D eigenvalue weighted by atomic mass is 16.5. The Morgan fingerprint density at radius 3 is 2.50 bits per heavy atom. The molecule has 2 N–H and O–H groups in total. The highest BCUT2D eigenvalue weighted by molar-refractivity contribution is 5.72. The minimum absolute atomic E-state index is 0.329. The van der Waals surface area contributed by atoms with Crippen LogP contribution in [0, 0.1) is 0 Å². The number of nitrogen functional groups attached to an aromatic ring is 1. The highest BCUT2D eigenvalue weighted by Crippen LogP contribution is 2.26. The summed E-state index contributed by atoms with van der Waals surface area (Å²) in [6.45, 7) is 0. The van der Waals surface area contributed by atoms with Crippen molar-refractivity contribution in [1.29, 1.82) is 0 Å². The first kappa shape index (κ1) is 8.62. The molecular formula is C10H10N2O2. The van der Waals surface area contributed by atoms with Gasteiger partial charge in [-0.15, -0.1) is 0 Å². The lowest BCUT2D eigenvalue weighted by molar-refractivity contribution is 0.415. The number of nitrogens with zero attached hydrogens (tertiary/aromatic N) is 1. The van der Waals surface area contributed by atoms with E-state index in [0.29, 0.717) is 5.88 Å². The third-order valence-electron chi connectivity index (χ3n) is 2.00. The Kier molecular flexibility index (Phi) is 2.10. The molecule has 0 aliphatic heterocycles. The molecule has 0 aliphatic carbocycles. The molecule has 0 atom stereocenters. The van der Waals surface area contributed by atoms with Crippen LogP contribution >= 0.6 is 0 Å². The molecule has 1 aromatic heterocycles. The number of nitrogens with two attached hydrogens (primary N) is 1. The summed E-state index contributed by atoms with van der Waals surface area (Å²) in [7, 11) is 1.63. The van der Waals surface area contributed by atoms with Crippen molar-refractivity contribution in [3.8, 4) is 16.9 Å². The number of hydrogen-bond donors (Lipinski definition) is 1. The first-order valence-corrected chi connectivity index (χ1v) is 4.16. The molecule has 14 heavy (non-hydrogen) atoms. The van der Waals surface area contributed by atoms with Crippen molar-refractivity contribution in [2.75, 3.05) is 12.8 Å². The van der Waals surface area contributed by atoms with E-state index >= 15 is 0 Å². The van der Waals surface area contributed by atoms with E-state index in [9.17, 15) is 0 Å². The van der Waals surface area contributed by atoms with Crippen molar-refractivity contribution in [3.05, 3.63) is 30.5 Å². The van der Waals surface area contributed by atoms with Gasteiger partial charge in [0.25, 0.3) is 0 Å². The maximum Gasteiger partial charge on any atom is 0.229 e. The van der Waals surface area contributed by atoms with Crippen LogP contribution in [0.2, 0.25) is 0 Å². The summed E-state index contributed by atoms with van der Waals surface area (Å²) in [6.07, 6.45) is 1.59. The van der Waals surface area contributed by atoms with Gasteiger partial charge in [-0.25, -0.2) is 0 Å². The van der Waals surface area contributed by atoms with Crippen molar-refractivity contribution in [2.24, 2.45) is 0 Å². The third kappa shape index (κ3) is 1.42. The molecule has 0 saturated carbocycles. The van der Waals surface area contributed by atoms with Gasteiger partial charge in [0.1, 0.15) is 5.75 Å². The fraction of sp³-hybridized carbons (Fsp3) is 0.100. The molecule has 1 heterocycles. The summed E-state index contributed by atoms with van der Waals surface area (Å²) in [5.74, 6) is 1.14. The van der Waals surface area contributed by atoms with Gasteiger partial charge >= 0.3 is 0 Å². The zero-order chi connectivity index (χ0) is 9.97. The van der Waals surface area contributed by atoms with Crippen LogP contribution in [0.3, 0.4) is 0 Å². The lowest BCUT2D eigenvalue weighted by atomic mass is 10.1. The van der Waals surface area contributed by atoms with E-state index in [-0.39, 0.29) is 0 Å². The predicted octanol–water partition coefficient (Wildman–Crippen LogP) is 1.93. The van der Waals surface area contributed by atoms with Crippen molar-refractivity contribution in [2.45, 2.75) is 0 Å². The topological polar surface area (TPSA) is 61.3 Å². The van der Waals surface area contributed by atoms with Crippen LogP contribution in [-0.2, 0) is 0 Å². The van der Waals surface area contributed by atoms with E-state index in [4.69, 9.17) is 15.0 Å². The summed E-state index contributed by atoms with van der Waals surface area (Å²) < 4.78 is 9.82. The smallest absolute Gasteiger partial charge is 0.229 e. The minimum Gasteiger partial charge on any atom is -0.497 e. The number of anilines is 1. The second kappa shape index (κ2) is 3.41. The number of ether oxygens (including phenoxy) is 1. The first-order valence-electron chi connectivity index (χ1n) is 4.16. The zero-order valence-corrected chi connectivity index (χ0v) is 7.73. The Bertz CT molecular complexity index is 420. The van der Waals surface area contributed by atoms with Gasteiger partial charge in [0.05, 0.1) is 18.9 Å². The molecular weight excluding hydrogens is 180 g/mol. The molecule has 2 rings (SSSR count). The normalized spacial score (nSPS) is 10.1. The number of benzene rings is 1. The molecule has 0 fully saturated rings. The van der Waals surface area contributed by atoms with Gasteiger partial charge < -0.3 is 15.0 Å². The standard InChI is InChI=1S/C10H10N2O2/c1-13-8-4-2-7(3-5-8)9-6-12-14-10(9)11/h2-6H,11H2,1H3. The van der Waals surface area contributed by atoms with Gasteiger partial charge in [-0.3, -0.25) is 0 Å². The fourth-order valence-electron chi connectivity index (χ4n) is 1.24. The first-order chi connectivity index (χ1) is 6.81. The number of hydrogen-bond acceptors (Lipinski definition) is 4. The largest absolute Gasteiger partial charge is 0.497 e. The molecule has 4 nitrogen and oxygen atoms in total. The molecule has 0 radical (unpaired) electrons. The molecule has 0 saturated heterocycles. The van der Waals surface area contributed by atoms with Crippen molar-refractivity contribution >= 4 is 5.88 Å². The molecule has 1 aromatic carbocycles. The van der Waals surface area contributed by atoms with E-state index in [1.165, 1.54) is 0 Å². The highest BCUT2D eigenvalue weighted by Gasteiger charge is 2.06. The molecule has 4 heteroatoms. The molecule has 0 bridgehead atoms. The summed E-state index contributed by atoms with van der Waals surface area (Å²) in [4.78, 5) is 0. The summed E-state index contributed by atoms with van der Waals surface area (Å²) in [5.41, 5.74) is 7.34. The monoisotopic (exact) mass is 190 g/mol. The molecule has 0 aliphatic rings. The van der Waals surface area contributed by atoms with E-state index < -0.39 is 0 Å². The van der Waals surface area contributed by atoms with Crippen LogP contribution < -0.4 is 10.5 Å². The molecule has 2 aromatic rings. The van der Waals surface area contributed by atoms with Crippen LogP contribution in [0.25, 0.3) is 11.1 Å². The maximum absolute atomic E-state index is 5.58. The fourth-order valence-corrected chi connectivity index (χ4v) is 1.24. The maximum atomic E-state index is 5.58. The number of methoxy groups -OCH3 is 1. The Balaban J connectivity index is 2.39. The Morgan fingerprint density at radius 1 is 1.29 bits per heavy atom. The molecule has 0 amide bonds. The van der Waals surface area contributed by atoms with E-state index in [2.05, 4.69) is 5.16 Å². The van der Waals surface area contributed by atoms with Gasteiger partial charge in [0, 0.05) is 0 Å². The van der Waals surface area contributed by atoms with E-state index in [0.717, 1.165) is 16.9 Å². The van der Waals surface area contributed by atoms with Crippen LogP contribution in [0.5, 0.6) is 5.75 Å². The Labute approximate surface area is 81.3 Å². The molecule has 72 valence electrons. The SMILES string of the molecule is COc1ccc(-c2cnoc2N)cc1. The van der Waals surface area contributed by atoms with Gasteiger partial charge in [0.15, 0.2) is 0 Å². The van der Waals surface area contributed by atoms with Crippen LogP contribution in [0.1, 0.15) is 0 Å². The van der Waals surface area contributed by atoms with Crippen molar-refractivity contribution in [1.82, 2.24) is 5.16 Å². The van der Waals surface area contributed by atoms with Crippen molar-refractivity contribution in [3.63, 3.8) is 0 Å². The minimum atomic E-state index is 0.329. The van der Waals surface area contributed by atoms with Crippen molar-refractivity contribution < 1.29 is 9.26 Å². The van der Waals surface area contributed by atoms with Crippen LogP contribution in [0.4, 0.5) is 5.88 Å². The zero-order valence-electron chi connectivity index (χ0n) is 7.73. The second-order valence-electron chi connectivity index (χ2n) is 2.83. The lowest BCUT2D eigenvalue weighted by Gasteiger charge is -2.00. The Morgan fingerprint density at radius 2 is 2.00 bits per heavy atom. The van der Waals surface area contributed by atoms with Gasteiger partial charge in [0.2, 0.25) is 5.88 Å². The van der Waals surface area contributed by atoms with Gasteiger partial charge in [-0.2, -0.15) is 0 Å². The average Bonchev–Trinajstić information content (AvgIpc) is 2.65. The summed E-state index contributed by atoms with van der Waals surface area (Å²) in [6, 6.07) is 7.53. The van der Waals surface area contributed by atoms with Gasteiger partial charge in [-0.1, -0.05) is 17.3 Å². The van der Waals surface area contributed by atoms with Crippen LogP contribution in [0.15, 0.2) is 35.0 Å². The molecule has 0 spiro atoms. The Hall–Kier alpha value is -1.97. The quantitative estimate of drug-likeness (QED) is 0.786. The van der Waals surface area contributed by atoms with E-state index in [1.807, 2.05) is 24.3 Å². The lowest BCUT2D eigenvalue weighted by Crippen LogP contribution is -1.85. The second-order valence-corrected chi connectivity index (χ2v) is 2.83. The number of rotatable bonds is 2. The molecule has 0 unspecified atom stereocenters. The van der Waals surface area contributed by atoms with Crippen LogP contribution in [-0.4, -0.2) is 12.3 Å². The van der Waals surface area contributed by atoms with Gasteiger partial charge in [-0.05, 0) is 17.7 Å². The predicted molar refractivity (Wildman–Crippen MR) is 52.9 cm³/mol. The number of aromatic nitrogens is 1.